The van der Waals surface area contributed by atoms with Crippen molar-refractivity contribution in [1.82, 2.24) is 4.98 Å². The fraction of sp³-hybridized carbons (Fsp3) is 0.500. The summed E-state index contributed by atoms with van der Waals surface area (Å²) in [6.45, 7) is 5.99. The van der Waals surface area contributed by atoms with Gasteiger partial charge in [0.1, 0.15) is 6.61 Å². The molecule has 1 rings (SSSR count). The van der Waals surface area contributed by atoms with Crippen LogP contribution in [0.2, 0.25) is 0 Å². The molecule has 0 saturated heterocycles. The van der Waals surface area contributed by atoms with Crippen LogP contribution in [0.1, 0.15) is 36.7 Å². The van der Waals surface area contributed by atoms with Gasteiger partial charge in [0.2, 0.25) is 0 Å². The number of hydrogen-bond acceptors (Lipinski definition) is 3. The Bertz CT molecular complexity index is 334. The second-order valence-electron chi connectivity index (χ2n) is 3.67. The smallest absolute Gasteiger partial charge is 0.188 e. The molecule has 0 saturated carbocycles. The molecule has 1 heterocycles. The van der Waals surface area contributed by atoms with Crippen molar-refractivity contribution >= 4 is 5.78 Å². The quantitative estimate of drug-likeness (QED) is 0.695. The van der Waals surface area contributed by atoms with Gasteiger partial charge in [0.15, 0.2) is 5.78 Å². The van der Waals surface area contributed by atoms with Gasteiger partial charge in [-0.2, -0.15) is 0 Å². The lowest BCUT2D eigenvalue weighted by atomic mass is 10.1. The molecule has 3 heteroatoms. The number of hydrogen-bond donors (Lipinski definition) is 0. The Morgan fingerprint density at radius 3 is 2.87 bits per heavy atom. The zero-order valence-corrected chi connectivity index (χ0v) is 9.49. The van der Waals surface area contributed by atoms with Crippen LogP contribution in [0.5, 0.6) is 0 Å². The Labute approximate surface area is 90.5 Å². The van der Waals surface area contributed by atoms with E-state index in [4.69, 9.17) is 4.74 Å². The van der Waals surface area contributed by atoms with Gasteiger partial charge in [-0.05, 0) is 31.9 Å². The number of Topliss-reactive ketones (excluding diaryl/α,β-unsaturated/α-hetero) is 1. The minimum atomic E-state index is 0.0305. The molecule has 3 nitrogen and oxygen atoms in total. The Hall–Kier alpha value is -1.22. The molecule has 0 aliphatic carbocycles. The summed E-state index contributed by atoms with van der Waals surface area (Å²) in [5, 5.41) is 0. The molecule has 15 heavy (non-hydrogen) atoms. The molecular weight excluding hydrogens is 190 g/mol. The summed E-state index contributed by atoms with van der Waals surface area (Å²) >= 11 is 0. The van der Waals surface area contributed by atoms with E-state index in [1.54, 1.807) is 18.5 Å². The lowest BCUT2D eigenvalue weighted by Gasteiger charge is -2.08. The number of rotatable bonds is 5. The maximum Gasteiger partial charge on any atom is 0.188 e. The zero-order chi connectivity index (χ0) is 11.3. The van der Waals surface area contributed by atoms with Crippen LogP contribution in [0.3, 0.4) is 0 Å². The van der Waals surface area contributed by atoms with Crippen molar-refractivity contribution < 1.29 is 9.53 Å². The predicted molar refractivity (Wildman–Crippen MR) is 59.0 cm³/mol. The number of ketones is 1. The molecule has 0 aliphatic rings. The van der Waals surface area contributed by atoms with Crippen LogP contribution in [0.4, 0.5) is 0 Å². The van der Waals surface area contributed by atoms with Crippen molar-refractivity contribution in [3.8, 4) is 0 Å². The highest BCUT2D eigenvalue weighted by molar-refractivity contribution is 5.98. The summed E-state index contributed by atoms with van der Waals surface area (Å²) in [5.41, 5.74) is 1.71. The normalized spacial score (nSPS) is 10.7. The number of aryl methyl sites for hydroxylation is 1. The highest BCUT2D eigenvalue weighted by Gasteiger charge is 2.10. The Morgan fingerprint density at radius 1 is 1.53 bits per heavy atom. The van der Waals surface area contributed by atoms with E-state index in [0.29, 0.717) is 0 Å². The second kappa shape index (κ2) is 5.61. The van der Waals surface area contributed by atoms with Crippen LogP contribution in [-0.4, -0.2) is 23.5 Å². The molecule has 0 bridgehead atoms. The molecule has 1 aromatic rings. The first-order chi connectivity index (χ1) is 7.15. The molecular formula is C12H17NO2. The monoisotopic (exact) mass is 207 g/mol. The van der Waals surface area contributed by atoms with E-state index in [1.807, 2.05) is 20.8 Å². The number of ether oxygens (including phenoxy) is 1. The van der Waals surface area contributed by atoms with E-state index in [-0.39, 0.29) is 18.5 Å². The Kier molecular flexibility index (Phi) is 4.43. The highest BCUT2D eigenvalue weighted by Crippen LogP contribution is 2.09. The summed E-state index contributed by atoms with van der Waals surface area (Å²) in [7, 11) is 0. The number of nitrogens with zero attached hydrogens (tertiary/aromatic N) is 1. The van der Waals surface area contributed by atoms with Crippen molar-refractivity contribution in [3.05, 3.63) is 29.6 Å². The minimum absolute atomic E-state index is 0.0305. The predicted octanol–water partition coefficient (Wildman–Crippen LogP) is 2.25. The van der Waals surface area contributed by atoms with Crippen LogP contribution in [-0.2, 0) is 11.2 Å². The van der Waals surface area contributed by atoms with Crippen molar-refractivity contribution in [2.24, 2.45) is 0 Å². The molecule has 0 N–H and O–H groups in total. The third-order valence-corrected chi connectivity index (χ3v) is 2.13. The van der Waals surface area contributed by atoms with Crippen LogP contribution >= 0.6 is 0 Å². The van der Waals surface area contributed by atoms with Crippen LogP contribution in [0.15, 0.2) is 18.5 Å². The molecule has 0 radical (unpaired) electrons. The number of carbonyl (C=O) groups is 1. The van der Waals surface area contributed by atoms with Crippen molar-refractivity contribution in [1.29, 1.82) is 0 Å². The fourth-order valence-corrected chi connectivity index (χ4v) is 1.30. The van der Waals surface area contributed by atoms with Crippen molar-refractivity contribution in [2.45, 2.75) is 33.3 Å². The standard InChI is InChI=1S/C12H17NO2/c1-4-10-7-13-6-5-11(10)12(14)8-15-9(2)3/h5-7,9H,4,8H2,1-3H3. The molecule has 0 aliphatic heterocycles. The number of aromatic nitrogens is 1. The van der Waals surface area contributed by atoms with E-state index in [2.05, 4.69) is 4.98 Å². The van der Waals surface area contributed by atoms with E-state index < -0.39 is 0 Å². The van der Waals surface area contributed by atoms with Gasteiger partial charge in [0.25, 0.3) is 0 Å². The molecule has 1 aromatic heterocycles. The van der Waals surface area contributed by atoms with E-state index >= 15 is 0 Å². The van der Waals surface area contributed by atoms with Gasteiger partial charge in [-0.3, -0.25) is 9.78 Å². The molecule has 0 amide bonds. The Balaban J connectivity index is 2.72. The van der Waals surface area contributed by atoms with Crippen LogP contribution in [0, 0.1) is 0 Å². The lowest BCUT2D eigenvalue weighted by molar-refractivity contribution is 0.0584. The van der Waals surface area contributed by atoms with Crippen LogP contribution in [0.25, 0.3) is 0 Å². The third kappa shape index (κ3) is 3.44. The second-order valence-corrected chi connectivity index (χ2v) is 3.67. The summed E-state index contributed by atoms with van der Waals surface area (Å²) in [6, 6.07) is 1.75. The van der Waals surface area contributed by atoms with Gasteiger partial charge in [0.05, 0.1) is 6.10 Å². The average Bonchev–Trinajstić information content (AvgIpc) is 2.25. The van der Waals surface area contributed by atoms with Gasteiger partial charge in [-0.25, -0.2) is 0 Å². The van der Waals surface area contributed by atoms with Crippen molar-refractivity contribution in [3.63, 3.8) is 0 Å². The fourth-order valence-electron chi connectivity index (χ4n) is 1.30. The van der Waals surface area contributed by atoms with Gasteiger partial charge in [0, 0.05) is 18.0 Å². The summed E-state index contributed by atoms with van der Waals surface area (Å²) in [6.07, 6.45) is 4.28. The Morgan fingerprint density at radius 2 is 2.27 bits per heavy atom. The maximum absolute atomic E-state index is 11.8. The lowest BCUT2D eigenvalue weighted by Crippen LogP contribution is -2.15. The van der Waals surface area contributed by atoms with Crippen LogP contribution < -0.4 is 0 Å². The maximum atomic E-state index is 11.8. The molecule has 0 atom stereocenters. The largest absolute Gasteiger partial charge is 0.371 e. The van der Waals surface area contributed by atoms with E-state index in [0.717, 1.165) is 17.5 Å². The third-order valence-electron chi connectivity index (χ3n) is 2.13. The molecule has 0 aromatic carbocycles. The van der Waals surface area contributed by atoms with E-state index in [1.165, 1.54) is 0 Å². The number of pyridine rings is 1. The number of carbonyl (C=O) groups excluding carboxylic acids is 1. The van der Waals surface area contributed by atoms with Gasteiger partial charge < -0.3 is 4.74 Å². The molecule has 0 spiro atoms. The first-order valence-electron chi connectivity index (χ1n) is 5.22. The van der Waals surface area contributed by atoms with Gasteiger partial charge >= 0.3 is 0 Å². The summed E-state index contributed by atoms with van der Waals surface area (Å²) < 4.78 is 5.29. The van der Waals surface area contributed by atoms with E-state index in [9.17, 15) is 4.79 Å². The van der Waals surface area contributed by atoms with Gasteiger partial charge in [-0.1, -0.05) is 6.92 Å². The first kappa shape index (κ1) is 11.9. The minimum Gasteiger partial charge on any atom is -0.371 e. The summed E-state index contributed by atoms with van der Waals surface area (Å²) in [5.74, 6) is 0.0305. The topological polar surface area (TPSA) is 39.2 Å². The molecule has 0 unspecified atom stereocenters. The SMILES string of the molecule is CCc1cnccc1C(=O)COC(C)C. The zero-order valence-electron chi connectivity index (χ0n) is 9.49. The molecule has 0 fully saturated rings. The average molecular weight is 207 g/mol. The highest BCUT2D eigenvalue weighted by atomic mass is 16.5. The first-order valence-corrected chi connectivity index (χ1v) is 5.22. The van der Waals surface area contributed by atoms with Crippen molar-refractivity contribution in [2.75, 3.05) is 6.61 Å². The summed E-state index contributed by atoms with van der Waals surface area (Å²) in [4.78, 5) is 15.8. The van der Waals surface area contributed by atoms with Gasteiger partial charge in [-0.15, -0.1) is 0 Å². The molecule has 82 valence electrons.